The van der Waals surface area contributed by atoms with Crippen molar-refractivity contribution < 1.29 is 14.3 Å². The molecule has 1 amide bonds. The molecular formula is C27H26N4O3. The Labute approximate surface area is 198 Å². The molecule has 1 aromatic carbocycles. The Kier molecular flexibility index (Phi) is 6.44. The van der Waals surface area contributed by atoms with Crippen LogP contribution in [0.4, 0.5) is 0 Å². The van der Waals surface area contributed by atoms with Gasteiger partial charge in [0.15, 0.2) is 0 Å². The van der Waals surface area contributed by atoms with Crippen LogP contribution in [0.5, 0.6) is 11.6 Å². The van der Waals surface area contributed by atoms with Gasteiger partial charge < -0.3 is 14.4 Å². The highest BCUT2D eigenvalue weighted by molar-refractivity contribution is 5.96. The van der Waals surface area contributed by atoms with Crippen LogP contribution in [0.1, 0.15) is 21.6 Å². The second-order valence-corrected chi connectivity index (χ2v) is 8.48. The van der Waals surface area contributed by atoms with Crippen molar-refractivity contribution in [3.05, 3.63) is 90.0 Å². The van der Waals surface area contributed by atoms with Crippen LogP contribution >= 0.6 is 0 Å². The topological polar surface area (TPSA) is 77.4 Å². The molecular weight excluding hydrogens is 428 g/mol. The first kappa shape index (κ1) is 22.0. The van der Waals surface area contributed by atoms with Gasteiger partial charge in [0.1, 0.15) is 11.3 Å². The van der Waals surface area contributed by atoms with Crippen molar-refractivity contribution in [2.45, 2.75) is 13.3 Å². The molecule has 4 aromatic rings. The summed E-state index contributed by atoms with van der Waals surface area (Å²) in [6.45, 7) is 4.12. The van der Waals surface area contributed by atoms with Gasteiger partial charge in [0.05, 0.1) is 24.9 Å². The molecule has 5 rings (SSSR count). The Morgan fingerprint density at radius 2 is 1.94 bits per heavy atom. The molecule has 4 heterocycles. The van der Waals surface area contributed by atoms with E-state index in [0.29, 0.717) is 37.6 Å². The standard InChI is InChI=1S/C27H26N4O3/c1-19-9-10-22(16-30-19)34-26-24(7-4-12-29-26)27(32)31-13-14-33-18-20(17-31)15-21-5-2-8-25-23(21)6-3-11-28-25/h2-12,16,20H,13-15,17-18H2,1H3/t20-/m0/s1. The average molecular weight is 455 g/mol. The van der Waals surface area contributed by atoms with Crippen molar-refractivity contribution in [2.24, 2.45) is 5.92 Å². The zero-order chi connectivity index (χ0) is 23.3. The third-order valence-corrected chi connectivity index (χ3v) is 5.97. The normalized spacial score (nSPS) is 16.3. The van der Waals surface area contributed by atoms with E-state index in [1.54, 1.807) is 24.5 Å². The lowest BCUT2D eigenvalue weighted by Gasteiger charge is -2.24. The van der Waals surface area contributed by atoms with Gasteiger partial charge in [-0.1, -0.05) is 18.2 Å². The Morgan fingerprint density at radius 1 is 1.06 bits per heavy atom. The number of carbonyl (C=O) groups is 1. The molecule has 7 nitrogen and oxygen atoms in total. The minimum Gasteiger partial charge on any atom is -0.437 e. The molecule has 34 heavy (non-hydrogen) atoms. The van der Waals surface area contributed by atoms with E-state index in [2.05, 4.69) is 27.1 Å². The first-order valence-corrected chi connectivity index (χ1v) is 11.4. The Bertz CT molecular complexity index is 1290. The average Bonchev–Trinajstić information content (AvgIpc) is 3.11. The number of hydrogen-bond acceptors (Lipinski definition) is 6. The zero-order valence-corrected chi connectivity index (χ0v) is 19.1. The minimum absolute atomic E-state index is 0.113. The minimum atomic E-state index is -0.113. The van der Waals surface area contributed by atoms with Crippen LogP contribution in [-0.4, -0.2) is 52.1 Å². The van der Waals surface area contributed by atoms with Gasteiger partial charge >= 0.3 is 0 Å². The van der Waals surface area contributed by atoms with Gasteiger partial charge in [-0.15, -0.1) is 0 Å². The number of carbonyl (C=O) groups excluding carboxylic acids is 1. The Balaban J connectivity index is 1.35. The number of rotatable bonds is 5. The molecule has 1 aliphatic heterocycles. The van der Waals surface area contributed by atoms with Crippen LogP contribution in [0.2, 0.25) is 0 Å². The molecule has 1 fully saturated rings. The third-order valence-electron chi connectivity index (χ3n) is 5.97. The van der Waals surface area contributed by atoms with Gasteiger partial charge in [-0.05, 0) is 55.3 Å². The zero-order valence-electron chi connectivity index (χ0n) is 19.1. The van der Waals surface area contributed by atoms with Gasteiger partial charge in [-0.3, -0.25) is 14.8 Å². The molecule has 0 N–H and O–H groups in total. The summed E-state index contributed by atoms with van der Waals surface area (Å²) in [4.78, 5) is 28.4. The first-order chi connectivity index (χ1) is 16.7. The van der Waals surface area contributed by atoms with Gasteiger partial charge in [-0.25, -0.2) is 4.98 Å². The maximum absolute atomic E-state index is 13.6. The summed E-state index contributed by atoms with van der Waals surface area (Å²) in [5, 5.41) is 1.14. The van der Waals surface area contributed by atoms with Gasteiger partial charge in [0, 0.05) is 42.5 Å². The molecule has 1 saturated heterocycles. The van der Waals surface area contributed by atoms with Crippen LogP contribution in [0.3, 0.4) is 0 Å². The number of amides is 1. The fraction of sp³-hybridized carbons (Fsp3) is 0.259. The summed E-state index contributed by atoms with van der Waals surface area (Å²) < 4.78 is 11.8. The molecule has 0 aliphatic carbocycles. The summed E-state index contributed by atoms with van der Waals surface area (Å²) in [5.41, 5.74) is 3.51. The van der Waals surface area contributed by atoms with Crippen molar-refractivity contribution >= 4 is 16.8 Å². The van der Waals surface area contributed by atoms with E-state index in [0.717, 1.165) is 23.0 Å². The lowest BCUT2D eigenvalue weighted by Crippen LogP contribution is -2.36. The Morgan fingerprint density at radius 3 is 2.82 bits per heavy atom. The summed E-state index contributed by atoms with van der Waals surface area (Å²) >= 11 is 0. The van der Waals surface area contributed by atoms with Crippen molar-refractivity contribution in [3.63, 3.8) is 0 Å². The number of fused-ring (bicyclic) bond motifs is 1. The summed E-state index contributed by atoms with van der Waals surface area (Å²) in [6.07, 6.45) is 5.86. The number of hydrogen-bond donors (Lipinski definition) is 0. The van der Waals surface area contributed by atoms with Crippen LogP contribution in [-0.2, 0) is 11.2 Å². The predicted octanol–water partition coefficient (Wildman–Crippen LogP) is 4.46. The smallest absolute Gasteiger partial charge is 0.259 e. The third kappa shape index (κ3) is 4.89. The van der Waals surface area contributed by atoms with E-state index in [9.17, 15) is 4.79 Å². The molecule has 172 valence electrons. The van der Waals surface area contributed by atoms with Crippen LogP contribution in [0.15, 0.2) is 73.2 Å². The second kappa shape index (κ2) is 9.97. The maximum atomic E-state index is 13.6. The van der Waals surface area contributed by atoms with Crippen molar-refractivity contribution in [1.82, 2.24) is 19.9 Å². The highest BCUT2D eigenvalue weighted by Gasteiger charge is 2.26. The number of aryl methyl sites for hydroxylation is 1. The monoisotopic (exact) mass is 454 g/mol. The van der Waals surface area contributed by atoms with Crippen molar-refractivity contribution in [1.29, 1.82) is 0 Å². The highest BCUT2D eigenvalue weighted by Crippen LogP contribution is 2.26. The van der Waals surface area contributed by atoms with E-state index < -0.39 is 0 Å². The van der Waals surface area contributed by atoms with E-state index in [1.807, 2.05) is 48.4 Å². The van der Waals surface area contributed by atoms with Crippen LogP contribution < -0.4 is 4.74 Å². The molecule has 3 aromatic heterocycles. The Hall–Kier alpha value is -3.84. The summed E-state index contributed by atoms with van der Waals surface area (Å²) in [6, 6.07) is 17.4. The van der Waals surface area contributed by atoms with Crippen LogP contribution in [0.25, 0.3) is 10.9 Å². The molecule has 0 spiro atoms. The molecule has 0 unspecified atom stereocenters. The number of ether oxygens (including phenoxy) is 2. The fourth-order valence-corrected chi connectivity index (χ4v) is 4.28. The number of aromatic nitrogens is 3. The molecule has 7 heteroatoms. The van der Waals surface area contributed by atoms with Crippen LogP contribution in [0, 0.1) is 12.8 Å². The summed E-state index contributed by atoms with van der Waals surface area (Å²) in [7, 11) is 0. The molecule has 0 bridgehead atoms. The van der Waals surface area contributed by atoms with Gasteiger partial charge in [0.2, 0.25) is 5.88 Å². The second-order valence-electron chi connectivity index (χ2n) is 8.48. The number of nitrogens with zero attached hydrogens (tertiary/aromatic N) is 4. The van der Waals surface area contributed by atoms with E-state index >= 15 is 0 Å². The lowest BCUT2D eigenvalue weighted by molar-refractivity contribution is 0.0734. The lowest BCUT2D eigenvalue weighted by atomic mass is 9.96. The predicted molar refractivity (Wildman–Crippen MR) is 129 cm³/mol. The maximum Gasteiger partial charge on any atom is 0.259 e. The molecule has 0 saturated carbocycles. The van der Waals surface area contributed by atoms with Crippen molar-refractivity contribution in [3.8, 4) is 11.6 Å². The quantitative estimate of drug-likeness (QED) is 0.443. The highest BCUT2D eigenvalue weighted by atomic mass is 16.5. The fourth-order valence-electron chi connectivity index (χ4n) is 4.28. The molecule has 1 aliphatic rings. The van der Waals surface area contributed by atoms with Gasteiger partial charge in [-0.2, -0.15) is 0 Å². The first-order valence-electron chi connectivity index (χ1n) is 11.4. The van der Waals surface area contributed by atoms with E-state index in [4.69, 9.17) is 9.47 Å². The molecule has 0 radical (unpaired) electrons. The SMILES string of the molecule is Cc1ccc(Oc2ncccc2C(=O)N2CCOC[C@@H](Cc3cccc4ncccc34)C2)cn1. The molecule has 1 atom stereocenters. The van der Waals surface area contributed by atoms with Gasteiger partial charge in [0.25, 0.3) is 5.91 Å². The summed E-state index contributed by atoms with van der Waals surface area (Å²) in [5.74, 6) is 0.873. The number of pyridine rings is 3. The van der Waals surface area contributed by atoms with Crippen molar-refractivity contribution in [2.75, 3.05) is 26.3 Å². The van der Waals surface area contributed by atoms with E-state index in [1.165, 1.54) is 5.56 Å². The van der Waals surface area contributed by atoms with E-state index in [-0.39, 0.29) is 17.7 Å². The largest absolute Gasteiger partial charge is 0.437 e. The number of benzene rings is 1.